The molecule has 0 radical (unpaired) electrons. The summed E-state index contributed by atoms with van der Waals surface area (Å²) in [6.07, 6.45) is 1.11. The van der Waals surface area contributed by atoms with Crippen molar-refractivity contribution in [3.8, 4) is 17.2 Å². The number of aliphatic hydroxyl groups excluding tert-OH is 2. The van der Waals surface area contributed by atoms with Crippen molar-refractivity contribution in [2.24, 2.45) is 4.99 Å². The fourth-order valence-corrected chi connectivity index (χ4v) is 7.23. The third-order valence-corrected chi connectivity index (χ3v) is 9.79. The van der Waals surface area contributed by atoms with Gasteiger partial charge in [0.1, 0.15) is 35.6 Å². The number of benzene rings is 2. The fourth-order valence-electron chi connectivity index (χ4n) is 7.23. The Balaban J connectivity index is 0.00000451. The monoisotopic (exact) mass is 688 g/mol. The van der Waals surface area contributed by atoms with E-state index >= 15 is 0 Å². The minimum absolute atomic E-state index is 0. The van der Waals surface area contributed by atoms with Crippen LogP contribution in [0.1, 0.15) is 94.5 Å². The SMILES string of the molecule is COc1cccc2c1C(=O)c1c(O)c3c(c(O)c1C2=O)CC(O)(C(=O)CO)C[C@@H]3OC1C[C@H](N=CN2CCCCCC2)[C@H](O)C(C)O1.Cl. The van der Waals surface area contributed by atoms with Crippen molar-refractivity contribution < 1.29 is 54.1 Å². The lowest BCUT2D eigenvalue weighted by Gasteiger charge is -2.42. The average molecular weight is 689 g/mol. The first-order valence-corrected chi connectivity index (χ1v) is 16.0. The largest absolute Gasteiger partial charge is 0.507 e. The van der Waals surface area contributed by atoms with Crippen molar-refractivity contribution in [1.29, 1.82) is 0 Å². The molecule has 14 heteroatoms. The number of rotatable bonds is 7. The Morgan fingerprint density at radius 3 is 2.44 bits per heavy atom. The van der Waals surface area contributed by atoms with E-state index in [1.807, 2.05) is 0 Å². The van der Waals surface area contributed by atoms with Crippen molar-refractivity contribution in [2.45, 2.75) is 88.1 Å². The summed E-state index contributed by atoms with van der Waals surface area (Å²) in [6.45, 7) is 2.36. The molecule has 5 N–H and O–H groups in total. The molecule has 13 nitrogen and oxygen atoms in total. The Hall–Kier alpha value is -3.59. The molecule has 48 heavy (non-hydrogen) atoms. The van der Waals surface area contributed by atoms with E-state index in [0.29, 0.717) is 0 Å². The maximum Gasteiger partial charge on any atom is 0.202 e. The first-order chi connectivity index (χ1) is 22.5. The van der Waals surface area contributed by atoms with E-state index in [1.165, 1.54) is 25.3 Å². The van der Waals surface area contributed by atoms with Crippen molar-refractivity contribution in [3.63, 3.8) is 0 Å². The molecular weight excluding hydrogens is 648 g/mol. The molecule has 0 saturated carbocycles. The molecule has 4 aliphatic rings. The summed E-state index contributed by atoms with van der Waals surface area (Å²) in [5.74, 6) is -3.71. The molecule has 6 rings (SSSR count). The lowest BCUT2D eigenvalue weighted by molar-refractivity contribution is -0.247. The van der Waals surface area contributed by atoms with Gasteiger partial charge in [-0.1, -0.05) is 25.0 Å². The number of likely N-dealkylation sites (tertiary alicyclic amines) is 1. The number of nitrogens with zero attached hydrogens (tertiary/aromatic N) is 2. The van der Waals surface area contributed by atoms with Crippen LogP contribution in [-0.4, -0.2) is 111 Å². The molecule has 3 unspecified atom stereocenters. The van der Waals surface area contributed by atoms with Gasteiger partial charge in [0.15, 0.2) is 17.9 Å². The van der Waals surface area contributed by atoms with E-state index in [0.717, 1.165) is 38.8 Å². The Labute approximate surface area is 283 Å². The highest BCUT2D eigenvalue weighted by molar-refractivity contribution is 6.31. The van der Waals surface area contributed by atoms with Crippen LogP contribution in [-0.2, 0) is 20.7 Å². The molecule has 2 aliphatic carbocycles. The van der Waals surface area contributed by atoms with E-state index < -0.39 is 95.7 Å². The number of hydrogen-bond acceptors (Lipinski definition) is 12. The molecule has 2 fully saturated rings. The molecule has 2 aromatic rings. The van der Waals surface area contributed by atoms with E-state index in [9.17, 15) is 39.9 Å². The van der Waals surface area contributed by atoms with E-state index in [1.54, 1.807) is 13.3 Å². The number of fused-ring (bicyclic) bond motifs is 3. The number of methoxy groups -OCH3 is 1. The van der Waals surface area contributed by atoms with Gasteiger partial charge in [0.2, 0.25) is 5.78 Å². The summed E-state index contributed by atoms with van der Waals surface area (Å²) in [5.41, 5.74) is -3.57. The predicted octanol–water partition coefficient (Wildman–Crippen LogP) is 2.37. The zero-order valence-electron chi connectivity index (χ0n) is 26.8. The molecule has 0 aromatic heterocycles. The summed E-state index contributed by atoms with van der Waals surface area (Å²) in [4.78, 5) is 47.2. The van der Waals surface area contributed by atoms with Crippen molar-refractivity contribution in [1.82, 2.24) is 4.90 Å². The third kappa shape index (κ3) is 6.19. The van der Waals surface area contributed by atoms with Gasteiger partial charge in [-0.25, -0.2) is 0 Å². The smallest absolute Gasteiger partial charge is 0.202 e. The Bertz CT molecular complexity index is 1620. The van der Waals surface area contributed by atoms with Crippen molar-refractivity contribution in [2.75, 3.05) is 26.8 Å². The van der Waals surface area contributed by atoms with Gasteiger partial charge >= 0.3 is 0 Å². The minimum atomic E-state index is -2.25. The normalized spacial score (nSPS) is 28.6. The lowest BCUT2D eigenvalue weighted by Crippen LogP contribution is -2.50. The second kappa shape index (κ2) is 14.1. The number of aromatic hydroxyl groups is 2. The van der Waals surface area contributed by atoms with Crippen LogP contribution in [0.2, 0.25) is 0 Å². The third-order valence-electron chi connectivity index (χ3n) is 9.79. The predicted molar refractivity (Wildman–Crippen MR) is 173 cm³/mol. The van der Waals surface area contributed by atoms with Crippen LogP contribution in [0.15, 0.2) is 23.2 Å². The number of phenols is 2. The average Bonchev–Trinajstić information content (AvgIpc) is 3.34. The maximum atomic E-state index is 13.9. The topological polar surface area (TPSA) is 196 Å². The van der Waals surface area contributed by atoms with E-state index in [2.05, 4.69) is 9.89 Å². The molecule has 0 amide bonds. The molecule has 0 bridgehead atoms. The summed E-state index contributed by atoms with van der Waals surface area (Å²) in [6, 6.07) is 3.79. The highest BCUT2D eigenvalue weighted by Gasteiger charge is 2.50. The molecule has 0 spiro atoms. The quantitative estimate of drug-likeness (QED) is 0.138. The first-order valence-electron chi connectivity index (χ1n) is 16.0. The van der Waals surface area contributed by atoms with Gasteiger partial charge in [-0.05, 0) is 25.8 Å². The highest BCUT2D eigenvalue weighted by atomic mass is 35.5. The van der Waals surface area contributed by atoms with Gasteiger partial charge in [-0.15, -0.1) is 12.4 Å². The molecule has 260 valence electrons. The number of aliphatic imine (C=N–C) groups is 1. The molecular formula is C34H41ClN2O11. The van der Waals surface area contributed by atoms with Gasteiger partial charge in [-0.3, -0.25) is 19.4 Å². The second-order valence-electron chi connectivity index (χ2n) is 12.8. The molecule has 2 aliphatic heterocycles. The van der Waals surface area contributed by atoms with Crippen LogP contribution in [0.3, 0.4) is 0 Å². The zero-order valence-corrected chi connectivity index (χ0v) is 27.6. The number of hydrogen-bond donors (Lipinski definition) is 5. The van der Waals surface area contributed by atoms with Gasteiger partial charge in [-0.2, -0.15) is 0 Å². The Morgan fingerprint density at radius 2 is 1.77 bits per heavy atom. The number of Topliss-reactive ketones (excluding diaryl/α,β-unsaturated/α-hetero) is 1. The summed E-state index contributed by atoms with van der Waals surface area (Å²) in [5, 5.41) is 55.3. The number of aliphatic hydroxyl groups is 3. The number of carbonyl (C=O) groups excluding carboxylic acids is 3. The Kier molecular flexibility index (Phi) is 10.5. The second-order valence-corrected chi connectivity index (χ2v) is 12.8. The molecule has 2 heterocycles. The van der Waals surface area contributed by atoms with Gasteiger partial charge < -0.3 is 44.6 Å². The minimum Gasteiger partial charge on any atom is -0.507 e. The van der Waals surface area contributed by atoms with Crippen LogP contribution in [0.4, 0.5) is 0 Å². The van der Waals surface area contributed by atoms with Crippen LogP contribution in [0.5, 0.6) is 17.2 Å². The fraction of sp³-hybridized carbons (Fsp3) is 0.529. The number of carbonyl (C=O) groups is 3. The van der Waals surface area contributed by atoms with Gasteiger partial charge in [0.05, 0.1) is 48.4 Å². The number of ether oxygens (including phenoxy) is 3. The van der Waals surface area contributed by atoms with Gasteiger partial charge in [0, 0.05) is 49.0 Å². The van der Waals surface area contributed by atoms with Crippen molar-refractivity contribution >= 4 is 36.1 Å². The zero-order chi connectivity index (χ0) is 33.6. The Morgan fingerprint density at radius 1 is 1.08 bits per heavy atom. The summed E-state index contributed by atoms with van der Waals surface area (Å²) in [7, 11) is 1.34. The summed E-state index contributed by atoms with van der Waals surface area (Å²) >= 11 is 0. The number of ketones is 3. The van der Waals surface area contributed by atoms with Gasteiger partial charge in [0.25, 0.3) is 0 Å². The first kappa shape index (κ1) is 35.7. The van der Waals surface area contributed by atoms with E-state index in [4.69, 9.17) is 14.2 Å². The maximum absolute atomic E-state index is 13.9. The summed E-state index contributed by atoms with van der Waals surface area (Å²) < 4.78 is 17.6. The van der Waals surface area contributed by atoms with Crippen molar-refractivity contribution in [3.05, 3.63) is 51.6 Å². The number of halogens is 1. The standard InChI is InChI=1S/C34H40N2O11.ClH/c1-17-29(39)20(35-16-36-10-5-3-4-6-11-36)12-24(46-17)47-22-14-34(44,23(38)15-37)13-19-26(22)33(43)28-27(31(19)41)30(40)18-8-7-9-21(45-2)25(18)32(28)42;/h7-9,16-17,20,22,24,29,37,39,41,43-44H,3-6,10-15H2,1-2H3;1H/t17?,20-,22-,24?,29+,34?;/m0./s1. The van der Waals surface area contributed by atoms with Crippen LogP contribution in [0, 0.1) is 0 Å². The lowest BCUT2D eigenvalue weighted by atomic mass is 9.72. The highest BCUT2D eigenvalue weighted by Crippen LogP contribution is 2.52. The van der Waals surface area contributed by atoms with Crippen LogP contribution >= 0.6 is 12.4 Å². The molecule has 6 atom stereocenters. The van der Waals surface area contributed by atoms with E-state index in [-0.39, 0.29) is 46.8 Å². The van der Waals surface area contributed by atoms with Crippen LogP contribution in [0.25, 0.3) is 0 Å². The molecule has 2 aromatic carbocycles. The number of phenolic OH excluding ortho intramolecular Hbond substituents is 2. The molecule has 2 saturated heterocycles. The van der Waals surface area contributed by atoms with Crippen LogP contribution < -0.4 is 4.74 Å².